The summed E-state index contributed by atoms with van der Waals surface area (Å²) < 4.78 is 18.3. The molecule has 0 spiro atoms. The number of halogens is 1. The fourth-order valence-corrected chi connectivity index (χ4v) is 6.21. The summed E-state index contributed by atoms with van der Waals surface area (Å²) in [6.45, 7) is 14.5. The van der Waals surface area contributed by atoms with Crippen molar-refractivity contribution < 1.29 is 23.6 Å². The van der Waals surface area contributed by atoms with Gasteiger partial charge in [0.15, 0.2) is 0 Å². The van der Waals surface area contributed by atoms with Crippen molar-refractivity contribution in [3.63, 3.8) is 0 Å². The molecule has 0 aromatic heterocycles. The number of nitrogens with zero attached hydrogens (tertiary/aromatic N) is 1. The highest BCUT2D eigenvalue weighted by Gasteiger charge is 2.63. The molecule has 0 aromatic carbocycles. The van der Waals surface area contributed by atoms with Crippen LogP contribution in [0, 0.1) is 23.2 Å². The van der Waals surface area contributed by atoms with Gasteiger partial charge in [0.05, 0.1) is 23.5 Å². The van der Waals surface area contributed by atoms with E-state index in [-0.39, 0.29) is 35.4 Å². The summed E-state index contributed by atoms with van der Waals surface area (Å²) in [4.78, 5) is 27.4. The first-order chi connectivity index (χ1) is 14.8. The van der Waals surface area contributed by atoms with Crippen LogP contribution < -0.4 is 5.32 Å². The first-order valence-corrected chi connectivity index (χ1v) is 12.5. The van der Waals surface area contributed by atoms with Crippen LogP contribution in [0.2, 0.25) is 0 Å². The highest BCUT2D eigenvalue weighted by molar-refractivity contribution is 6.47. The number of carbonyl (C=O) groups excluding carboxylic acids is 2. The quantitative estimate of drug-likeness (QED) is 0.504. The van der Waals surface area contributed by atoms with Gasteiger partial charge in [0.25, 0.3) is 0 Å². The second-order valence-corrected chi connectivity index (χ2v) is 12.6. The van der Waals surface area contributed by atoms with E-state index < -0.39 is 24.9 Å². The molecule has 0 radical (unpaired) electrons. The second-order valence-electron chi connectivity index (χ2n) is 12.0. The standard InChI is InChI=1S/C23H38BClN2O5/c1-12(2)19(24-31-17-9-13-8-15(18(17)32-24)23(13,6)7)26-20(28)16-10-14(25)11-27(16)21(29)30-22(3,4)5/h12-19H,8-11H2,1-7H3,(H,26,28)/t13-,14-,15+,16-,17?,18?,19-/m0/s1. The Bertz CT molecular complexity index is 757. The monoisotopic (exact) mass is 468 g/mol. The molecule has 9 heteroatoms. The Hall–Kier alpha value is -0.985. The molecule has 2 aliphatic heterocycles. The zero-order valence-corrected chi connectivity index (χ0v) is 21.1. The fraction of sp³-hybridized carbons (Fsp3) is 0.913. The molecular weight excluding hydrogens is 431 g/mol. The molecule has 2 saturated heterocycles. The summed E-state index contributed by atoms with van der Waals surface area (Å²) in [6, 6.07) is -0.663. The summed E-state index contributed by atoms with van der Waals surface area (Å²) in [5, 5.41) is 2.84. The Labute approximate surface area is 197 Å². The topological polar surface area (TPSA) is 77.1 Å². The van der Waals surface area contributed by atoms with Crippen LogP contribution >= 0.6 is 11.6 Å². The van der Waals surface area contributed by atoms with Gasteiger partial charge in [-0.3, -0.25) is 9.69 Å². The van der Waals surface area contributed by atoms with Crippen LogP contribution in [0.15, 0.2) is 0 Å². The van der Waals surface area contributed by atoms with Gasteiger partial charge >= 0.3 is 13.2 Å². The van der Waals surface area contributed by atoms with E-state index >= 15 is 0 Å². The van der Waals surface area contributed by atoms with E-state index in [1.54, 1.807) is 0 Å². The van der Waals surface area contributed by atoms with Gasteiger partial charge in [-0.05, 0) is 63.2 Å². The lowest BCUT2D eigenvalue weighted by molar-refractivity contribution is -0.150. The second kappa shape index (κ2) is 8.35. The van der Waals surface area contributed by atoms with Crippen molar-refractivity contribution in [3.05, 3.63) is 0 Å². The molecule has 0 aromatic rings. The van der Waals surface area contributed by atoms with Crippen molar-refractivity contribution in [2.75, 3.05) is 6.54 Å². The van der Waals surface area contributed by atoms with E-state index in [2.05, 4.69) is 19.2 Å². The molecule has 5 aliphatic rings. The van der Waals surface area contributed by atoms with Gasteiger partial charge in [0.1, 0.15) is 11.6 Å². The summed E-state index contributed by atoms with van der Waals surface area (Å²) >= 11 is 6.34. The number of hydrogen-bond donors (Lipinski definition) is 1. The smallest absolute Gasteiger partial charge is 0.444 e. The van der Waals surface area contributed by atoms with Crippen LogP contribution in [0.3, 0.4) is 0 Å². The molecule has 1 N–H and O–H groups in total. The van der Waals surface area contributed by atoms with E-state index in [0.717, 1.165) is 6.42 Å². The van der Waals surface area contributed by atoms with Gasteiger partial charge in [-0.25, -0.2) is 4.79 Å². The van der Waals surface area contributed by atoms with Gasteiger partial charge < -0.3 is 19.4 Å². The van der Waals surface area contributed by atoms with E-state index in [0.29, 0.717) is 30.2 Å². The van der Waals surface area contributed by atoms with Crippen LogP contribution in [0.25, 0.3) is 0 Å². The lowest BCUT2D eigenvalue weighted by atomic mass is 9.47. The van der Waals surface area contributed by atoms with Crippen molar-refractivity contribution in [2.24, 2.45) is 23.2 Å². The Morgan fingerprint density at radius 2 is 1.88 bits per heavy atom. The van der Waals surface area contributed by atoms with Gasteiger partial charge in [-0.15, -0.1) is 11.6 Å². The van der Waals surface area contributed by atoms with Gasteiger partial charge in [-0.2, -0.15) is 0 Å². The molecule has 2 heterocycles. The molecule has 2 amide bonds. The van der Waals surface area contributed by atoms with E-state index in [9.17, 15) is 9.59 Å². The van der Waals surface area contributed by atoms with Crippen molar-refractivity contribution in [1.82, 2.24) is 10.2 Å². The van der Waals surface area contributed by atoms with E-state index in [4.69, 9.17) is 25.6 Å². The van der Waals surface area contributed by atoms with Gasteiger partial charge in [0.2, 0.25) is 5.91 Å². The molecular formula is C23H38BClN2O5. The first-order valence-electron chi connectivity index (χ1n) is 12.0. The average molecular weight is 469 g/mol. The molecule has 3 saturated carbocycles. The summed E-state index contributed by atoms with van der Waals surface area (Å²) in [6.07, 6.45) is 2.30. The van der Waals surface area contributed by atoms with Crippen molar-refractivity contribution in [3.8, 4) is 0 Å². The summed E-state index contributed by atoms with van der Waals surface area (Å²) in [7, 11) is -0.479. The number of rotatable bonds is 4. The number of alkyl halides is 1. The highest BCUT2D eigenvalue weighted by atomic mass is 35.5. The van der Waals surface area contributed by atoms with Gasteiger partial charge in [-0.1, -0.05) is 27.7 Å². The Morgan fingerprint density at radius 3 is 2.47 bits per heavy atom. The minimum atomic E-state index is -0.663. The lowest BCUT2D eigenvalue weighted by Gasteiger charge is -2.60. The number of hydrogen-bond acceptors (Lipinski definition) is 5. The zero-order chi connectivity index (χ0) is 23.6. The Morgan fingerprint density at radius 1 is 1.19 bits per heavy atom. The van der Waals surface area contributed by atoms with Crippen molar-refractivity contribution in [2.45, 2.75) is 103 Å². The Balaban J connectivity index is 1.43. The van der Waals surface area contributed by atoms with E-state index in [1.807, 2.05) is 34.6 Å². The maximum atomic E-state index is 13.3. The minimum absolute atomic E-state index is 0.0927. The SMILES string of the molecule is CC(C)[C@H](NC(=O)[C@@H]1C[C@H](Cl)CN1C(=O)OC(C)(C)C)B1OC2C[C@@H]3C[C@H](C2O1)C3(C)C. The van der Waals surface area contributed by atoms with Gasteiger partial charge in [0, 0.05) is 6.54 Å². The normalized spacial score (nSPS) is 36.5. The largest absolute Gasteiger partial charge is 0.481 e. The number of nitrogens with one attached hydrogen (secondary N) is 1. The average Bonchev–Trinajstić information content (AvgIpc) is 3.27. The third kappa shape index (κ3) is 4.39. The number of likely N-dealkylation sites (tertiary alicyclic amines) is 1. The number of carbonyl (C=O) groups is 2. The number of amides is 2. The maximum Gasteiger partial charge on any atom is 0.481 e. The molecule has 7 atom stereocenters. The molecule has 5 fully saturated rings. The first kappa shape index (κ1) is 24.1. The summed E-state index contributed by atoms with van der Waals surface area (Å²) in [5.74, 6) is 0.766. The minimum Gasteiger partial charge on any atom is -0.444 e. The molecule has 32 heavy (non-hydrogen) atoms. The van der Waals surface area contributed by atoms with Crippen LogP contribution in [0.1, 0.15) is 67.7 Å². The molecule has 2 bridgehead atoms. The third-order valence-electron chi connectivity index (χ3n) is 7.93. The van der Waals surface area contributed by atoms with Crippen LogP contribution in [-0.4, -0.2) is 65.7 Å². The predicted molar refractivity (Wildman–Crippen MR) is 123 cm³/mol. The van der Waals surface area contributed by atoms with Crippen LogP contribution in [0.5, 0.6) is 0 Å². The molecule has 7 nitrogen and oxygen atoms in total. The zero-order valence-electron chi connectivity index (χ0n) is 20.4. The number of ether oxygens (including phenoxy) is 1. The molecule has 2 unspecified atom stereocenters. The molecule has 3 aliphatic carbocycles. The van der Waals surface area contributed by atoms with Crippen LogP contribution in [0.4, 0.5) is 4.79 Å². The van der Waals surface area contributed by atoms with E-state index in [1.165, 1.54) is 11.3 Å². The fourth-order valence-electron chi connectivity index (χ4n) is 5.90. The van der Waals surface area contributed by atoms with Crippen molar-refractivity contribution >= 4 is 30.7 Å². The lowest BCUT2D eigenvalue weighted by Crippen LogP contribution is -2.59. The molecule has 5 rings (SSSR count). The highest BCUT2D eigenvalue weighted by Crippen LogP contribution is 2.61. The van der Waals surface area contributed by atoms with Crippen LogP contribution in [-0.2, 0) is 18.8 Å². The Kier molecular flexibility index (Phi) is 6.30. The van der Waals surface area contributed by atoms with Crippen molar-refractivity contribution in [1.29, 1.82) is 0 Å². The predicted octanol–water partition coefficient (Wildman–Crippen LogP) is 3.62. The summed E-state index contributed by atoms with van der Waals surface area (Å²) in [5.41, 5.74) is -0.345. The molecule has 180 valence electrons. The third-order valence-corrected chi connectivity index (χ3v) is 8.24. The maximum absolute atomic E-state index is 13.3.